The average Bonchev–Trinajstić information content (AvgIpc) is 2.36. The average molecular weight is 281 g/mol. The van der Waals surface area contributed by atoms with Crippen LogP contribution in [-0.4, -0.2) is 22.9 Å². The standard InChI is InChI=1S/C15H23NO2S/c1-10(2)11-5-7-12(8-6-11)15(3,4)19-9-13(16)14(17)18/h5-8,10,13H,9,16H2,1-4H3,(H,17,18)/t13-/m0/s1. The largest absolute Gasteiger partial charge is 0.480 e. The molecule has 0 saturated carbocycles. The Morgan fingerprint density at radius 2 is 1.84 bits per heavy atom. The van der Waals surface area contributed by atoms with Crippen LogP contribution in [0.1, 0.15) is 44.7 Å². The van der Waals surface area contributed by atoms with Gasteiger partial charge in [0.15, 0.2) is 0 Å². The summed E-state index contributed by atoms with van der Waals surface area (Å²) in [5, 5.41) is 8.81. The van der Waals surface area contributed by atoms with Crippen LogP contribution < -0.4 is 5.73 Å². The second-order valence-corrected chi connectivity index (χ2v) is 7.19. The zero-order valence-corrected chi connectivity index (χ0v) is 12.8. The fraction of sp³-hybridized carbons (Fsp3) is 0.533. The fourth-order valence-electron chi connectivity index (χ4n) is 1.72. The molecule has 1 rings (SSSR count). The van der Waals surface area contributed by atoms with Crippen molar-refractivity contribution in [3.63, 3.8) is 0 Å². The molecule has 0 saturated heterocycles. The molecule has 3 N–H and O–H groups in total. The SMILES string of the molecule is CC(C)c1ccc(C(C)(C)SC[C@H](N)C(=O)O)cc1. The lowest BCUT2D eigenvalue weighted by Gasteiger charge is -2.26. The van der Waals surface area contributed by atoms with Crippen LogP contribution in [0.5, 0.6) is 0 Å². The number of hydrogen-bond acceptors (Lipinski definition) is 3. The van der Waals surface area contributed by atoms with Gasteiger partial charge in [-0.25, -0.2) is 0 Å². The topological polar surface area (TPSA) is 63.3 Å². The van der Waals surface area contributed by atoms with E-state index in [4.69, 9.17) is 10.8 Å². The van der Waals surface area contributed by atoms with E-state index in [-0.39, 0.29) is 4.75 Å². The van der Waals surface area contributed by atoms with Crippen molar-refractivity contribution in [2.75, 3.05) is 5.75 Å². The van der Waals surface area contributed by atoms with Gasteiger partial charge in [-0.1, -0.05) is 38.1 Å². The van der Waals surface area contributed by atoms with Crippen LogP contribution in [0.4, 0.5) is 0 Å². The summed E-state index contributed by atoms with van der Waals surface area (Å²) in [7, 11) is 0. The first kappa shape index (κ1) is 16.1. The van der Waals surface area contributed by atoms with Crippen LogP contribution in [-0.2, 0) is 9.54 Å². The molecule has 0 aromatic heterocycles. The highest BCUT2D eigenvalue weighted by Crippen LogP contribution is 2.36. The van der Waals surface area contributed by atoms with Gasteiger partial charge in [-0.15, -0.1) is 11.8 Å². The summed E-state index contributed by atoms with van der Waals surface area (Å²) < 4.78 is -0.136. The normalized spacial score (nSPS) is 13.6. The molecule has 0 spiro atoms. The molecule has 3 nitrogen and oxygen atoms in total. The first-order valence-electron chi connectivity index (χ1n) is 6.47. The van der Waals surface area contributed by atoms with E-state index in [1.54, 1.807) is 11.8 Å². The highest BCUT2D eigenvalue weighted by atomic mass is 32.2. The van der Waals surface area contributed by atoms with Crippen LogP contribution in [0.3, 0.4) is 0 Å². The van der Waals surface area contributed by atoms with Gasteiger partial charge in [-0.3, -0.25) is 4.79 Å². The number of nitrogens with two attached hydrogens (primary N) is 1. The Morgan fingerprint density at radius 3 is 2.26 bits per heavy atom. The van der Waals surface area contributed by atoms with Crippen molar-refractivity contribution >= 4 is 17.7 Å². The number of thioether (sulfide) groups is 1. The lowest BCUT2D eigenvalue weighted by atomic mass is 9.97. The maximum absolute atomic E-state index is 10.7. The van der Waals surface area contributed by atoms with Gasteiger partial charge < -0.3 is 10.8 Å². The van der Waals surface area contributed by atoms with E-state index in [2.05, 4.69) is 52.0 Å². The summed E-state index contributed by atoms with van der Waals surface area (Å²) in [4.78, 5) is 10.7. The van der Waals surface area contributed by atoms with Crippen LogP contribution in [0.2, 0.25) is 0 Å². The molecule has 0 radical (unpaired) electrons. The van der Waals surface area contributed by atoms with Crippen molar-refractivity contribution in [1.82, 2.24) is 0 Å². The lowest BCUT2D eigenvalue weighted by molar-refractivity contribution is -0.137. The third kappa shape index (κ3) is 4.55. The smallest absolute Gasteiger partial charge is 0.321 e. The quantitative estimate of drug-likeness (QED) is 0.840. The van der Waals surface area contributed by atoms with Gasteiger partial charge in [0.25, 0.3) is 0 Å². The van der Waals surface area contributed by atoms with Crippen molar-refractivity contribution in [2.45, 2.75) is 44.4 Å². The van der Waals surface area contributed by atoms with Gasteiger partial charge in [0, 0.05) is 10.5 Å². The Morgan fingerprint density at radius 1 is 1.32 bits per heavy atom. The Kier molecular flexibility index (Phi) is 5.44. The summed E-state index contributed by atoms with van der Waals surface area (Å²) in [5.74, 6) is -0.0161. The van der Waals surface area contributed by atoms with Gasteiger partial charge in [0.1, 0.15) is 6.04 Å². The van der Waals surface area contributed by atoms with E-state index in [1.807, 2.05) is 0 Å². The summed E-state index contributed by atoms with van der Waals surface area (Å²) in [6.45, 7) is 8.52. The van der Waals surface area contributed by atoms with Crippen LogP contribution in [0.15, 0.2) is 24.3 Å². The van der Waals surface area contributed by atoms with Crippen molar-refractivity contribution in [3.8, 4) is 0 Å². The number of carbonyl (C=O) groups is 1. The summed E-state index contributed by atoms with van der Waals surface area (Å²) in [6.07, 6.45) is 0. The van der Waals surface area contributed by atoms with E-state index in [0.29, 0.717) is 11.7 Å². The minimum atomic E-state index is -0.946. The molecule has 4 heteroatoms. The van der Waals surface area contributed by atoms with E-state index >= 15 is 0 Å². The molecule has 1 atom stereocenters. The number of hydrogen-bond donors (Lipinski definition) is 2. The summed E-state index contributed by atoms with van der Waals surface area (Å²) >= 11 is 1.58. The third-order valence-corrected chi connectivity index (χ3v) is 4.70. The van der Waals surface area contributed by atoms with Crippen LogP contribution in [0, 0.1) is 0 Å². The molecular formula is C15H23NO2S. The monoisotopic (exact) mass is 281 g/mol. The number of rotatable bonds is 6. The summed E-state index contributed by atoms with van der Waals surface area (Å²) in [6, 6.07) is 7.71. The van der Waals surface area contributed by atoms with Gasteiger partial charge in [-0.05, 0) is 30.9 Å². The molecule has 1 aromatic carbocycles. The van der Waals surface area contributed by atoms with Crippen molar-refractivity contribution in [3.05, 3.63) is 35.4 Å². The molecule has 19 heavy (non-hydrogen) atoms. The molecule has 0 unspecified atom stereocenters. The Balaban J connectivity index is 2.73. The highest BCUT2D eigenvalue weighted by molar-refractivity contribution is 8.00. The molecule has 0 heterocycles. The minimum Gasteiger partial charge on any atom is -0.480 e. The predicted molar refractivity (Wildman–Crippen MR) is 81.6 cm³/mol. The second kappa shape index (κ2) is 6.44. The third-order valence-electron chi connectivity index (χ3n) is 3.21. The summed E-state index contributed by atoms with van der Waals surface area (Å²) in [5.41, 5.74) is 8.05. The molecule has 0 bridgehead atoms. The predicted octanol–water partition coefficient (Wildman–Crippen LogP) is 3.19. The number of aliphatic carboxylic acids is 1. The Bertz CT molecular complexity index is 426. The van der Waals surface area contributed by atoms with Crippen LogP contribution >= 0.6 is 11.8 Å². The first-order chi connectivity index (χ1) is 8.74. The second-order valence-electron chi connectivity index (χ2n) is 5.54. The first-order valence-corrected chi connectivity index (χ1v) is 7.45. The highest BCUT2D eigenvalue weighted by Gasteiger charge is 2.24. The van der Waals surface area contributed by atoms with Gasteiger partial charge in [0.05, 0.1) is 0 Å². The number of carboxylic acid groups (broad SMARTS) is 1. The van der Waals surface area contributed by atoms with Crippen LogP contribution in [0.25, 0.3) is 0 Å². The maximum Gasteiger partial charge on any atom is 0.321 e. The number of carboxylic acids is 1. The molecule has 0 fully saturated rings. The Labute approximate surface area is 119 Å². The molecule has 0 aliphatic heterocycles. The molecule has 106 valence electrons. The minimum absolute atomic E-state index is 0.136. The lowest BCUT2D eigenvalue weighted by Crippen LogP contribution is -2.34. The van der Waals surface area contributed by atoms with Crippen molar-refractivity contribution < 1.29 is 9.90 Å². The van der Waals surface area contributed by atoms with E-state index in [1.165, 1.54) is 11.1 Å². The van der Waals surface area contributed by atoms with E-state index < -0.39 is 12.0 Å². The van der Waals surface area contributed by atoms with Gasteiger partial charge in [0.2, 0.25) is 0 Å². The maximum atomic E-state index is 10.7. The fourth-order valence-corrected chi connectivity index (χ4v) is 2.76. The zero-order valence-electron chi connectivity index (χ0n) is 12.0. The molecule has 0 aliphatic carbocycles. The molecule has 1 aromatic rings. The van der Waals surface area contributed by atoms with E-state index in [9.17, 15) is 4.79 Å². The molecule has 0 aliphatic rings. The zero-order chi connectivity index (χ0) is 14.6. The van der Waals surface area contributed by atoms with E-state index in [0.717, 1.165) is 0 Å². The van der Waals surface area contributed by atoms with Crippen molar-refractivity contribution in [2.24, 2.45) is 5.73 Å². The number of benzene rings is 1. The van der Waals surface area contributed by atoms with Crippen molar-refractivity contribution in [1.29, 1.82) is 0 Å². The van der Waals surface area contributed by atoms with Gasteiger partial charge in [-0.2, -0.15) is 0 Å². The molecular weight excluding hydrogens is 258 g/mol. The Hall–Kier alpha value is -1.00. The molecule has 0 amide bonds. The van der Waals surface area contributed by atoms with Gasteiger partial charge >= 0.3 is 5.97 Å².